The Morgan fingerprint density at radius 1 is 1.00 bits per heavy atom. The molecule has 9 nitrogen and oxygen atoms in total. The van der Waals surface area contributed by atoms with Gasteiger partial charge in [0.05, 0.1) is 6.42 Å². The molecule has 1 atom stereocenters. The predicted molar refractivity (Wildman–Crippen MR) is 110 cm³/mol. The molecule has 0 spiro atoms. The Bertz CT molecular complexity index is 950. The lowest BCUT2D eigenvalue weighted by Gasteiger charge is -2.34. The second-order valence-corrected chi connectivity index (χ2v) is 6.91. The largest absolute Gasteiger partial charge is 0.486 e. The molecule has 2 aliphatic rings. The number of hydrogen-bond donors (Lipinski definition) is 3. The first-order valence-electron chi connectivity index (χ1n) is 9.70. The molecule has 9 heteroatoms. The number of fused-ring (bicyclic) bond motifs is 1. The predicted octanol–water partition coefficient (Wildman–Crippen LogP) is 1.82. The van der Waals surface area contributed by atoms with Gasteiger partial charge < -0.3 is 30.3 Å². The average Bonchev–Trinajstić information content (AvgIpc) is 2.75. The second kappa shape index (κ2) is 8.73. The smallest absolute Gasteiger partial charge is 0.322 e. The summed E-state index contributed by atoms with van der Waals surface area (Å²) >= 11 is 0. The summed E-state index contributed by atoms with van der Waals surface area (Å²) in [6, 6.07) is 12.7. The number of para-hydroxylation sites is 1. The van der Waals surface area contributed by atoms with Crippen LogP contribution in [0.1, 0.15) is 6.42 Å². The Morgan fingerprint density at radius 2 is 1.77 bits per heavy atom. The van der Waals surface area contributed by atoms with Crippen LogP contribution in [0.25, 0.3) is 0 Å². The van der Waals surface area contributed by atoms with Gasteiger partial charge in [-0.15, -0.1) is 0 Å². The highest BCUT2D eigenvalue weighted by atomic mass is 16.6. The molecule has 0 bridgehead atoms. The normalized spacial score (nSPS) is 17.7. The van der Waals surface area contributed by atoms with E-state index in [0.717, 1.165) is 0 Å². The zero-order chi connectivity index (χ0) is 20.9. The zero-order valence-corrected chi connectivity index (χ0v) is 16.2. The quantitative estimate of drug-likeness (QED) is 0.712. The molecule has 0 aromatic heterocycles. The van der Waals surface area contributed by atoms with Crippen molar-refractivity contribution in [1.82, 2.24) is 10.2 Å². The molecule has 0 radical (unpaired) electrons. The summed E-state index contributed by atoms with van der Waals surface area (Å²) in [6.45, 7) is 1.57. The third-order valence-corrected chi connectivity index (χ3v) is 4.82. The highest BCUT2D eigenvalue weighted by Gasteiger charge is 2.34. The van der Waals surface area contributed by atoms with Crippen molar-refractivity contribution in [1.29, 1.82) is 0 Å². The number of piperazine rings is 1. The minimum atomic E-state index is -0.903. The number of rotatable bonds is 4. The van der Waals surface area contributed by atoms with Crippen molar-refractivity contribution >= 4 is 29.2 Å². The van der Waals surface area contributed by atoms with E-state index in [2.05, 4.69) is 16.0 Å². The third kappa shape index (κ3) is 4.45. The summed E-state index contributed by atoms with van der Waals surface area (Å²) < 4.78 is 11.0. The topological polar surface area (TPSA) is 109 Å². The highest BCUT2D eigenvalue weighted by Crippen LogP contribution is 2.32. The molecule has 2 aromatic rings. The fourth-order valence-corrected chi connectivity index (χ4v) is 3.39. The van der Waals surface area contributed by atoms with Crippen LogP contribution in [0.4, 0.5) is 16.2 Å². The first kappa shape index (κ1) is 19.6. The van der Waals surface area contributed by atoms with Gasteiger partial charge >= 0.3 is 6.03 Å². The van der Waals surface area contributed by atoms with E-state index in [1.165, 1.54) is 4.90 Å². The van der Waals surface area contributed by atoms with Gasteiger partial charge in [0.25, 0.3) is 0 Å². The fraction of sp³-hybridized carbons (Fsp3) is 0.286. The molecule has 0 saturated carbocycles. The van der Waals surface area contributed by atoms with E-state index in [9.17, 15) is 14.4 Å². The van der Waals surface area contributed by atoms with Crippen LogP contribution in [0, 0.1) is 0 Å². The molecule has 2 heterocycles. The maximum atomic E-state index is 12.7. The molecule has 4 amide bonds. The minimum Gasteiger partial charge on any atom is -0.486 e. The maximum Gasteiger partial charge on any atom is 0.322 e. The Labute approximate surface area is 173 Å². The van der Waals surface area contributed by atoms with Crippen LogP contribution in [0.15, 0.2) is 48.5 Å². The molecule has 0 aliphatic carbocycles. The van der Waals surface area contributed by atoms with Crippen molar-refractivity contribution < 1.29 is 23.9 Å². The van der Waals surface area contributed by atoms with Crippen LogP contribution >= 0.6 is 0 Å². The van der Waals surface area contributed by atoms with Crippen LogP contribution in [0.2, 0.25) is 0 Å². The van der Waals surface area contributed by atoms with E-state index in [1.54, 1.807) is 42.5 Å². The number of carbonyl (C=O) groups is 3. The third-order valence-electron chi connectivity index (χ3n) is 4.82. The first-order chi connectivity index (χ1) is 14.6. The molecule has 1 fully saturated rings. The van der Waals surface area contributed by atoms with Crippen molar-refractivity contribution in [3.8, 4) is 11.5 Å². The Balaban J connectivity index is 1.42. The van der Waals surface area contributed by atoms with Gasteiger partial charge in [0.15, 0.2) is 11.5 Å². The van der Waals surface area contributed by atoms with E-state index in [1.807, 2.05) is 6.07 Å². The fourth-order valence-electron chi connectivity index (χ4n) is 3.39. The molecule has 156 valence electrons. The molecule has 2 aliphatic heterocycles. The lowest BCUT2D eigenvalue weighted by molar-refractivity contribution is -0.130. The Morgan fingerprint density at radius 3 is 2.57 bits per heavy atom. The van der Waals surface area contributed by atoms with Gasteiger partial charge in [-0.3, -0.25) is 9.59 Å². The Hall–Kier alpha value is -3.75. The summed E-state index contributed by atoms with van der Waals surface area (Å²) in [5.74, 6) is 0.431. The second-order valence-electron chi connectivity index (χ2n) is 6.91. The average molecular weight is 410 g/mol. The monoisotopic (exact) mass is 410 g/mol. The molecular formula is C21H22N4O5. The van der Waals surface area contributed by atoms with Crippen molar-refractivity contribution in [3.05, 3.63) is 48.5 Å². The number of hydrogen-bond acceptors (Lipinski definition) is 5. The first-order valence-corrected chi connectivity index (χ1v) is 9.70. The molecule has 4 rings (SSSR count). The summed E-state index contributed by atoms with van der Waals surface area (Å²) in [4.78, 5) is 39.1. The van der Waals surface area contributed by atoms with E-state index in [4.69, 9.17) is 9.47 Å². The van der Waals surface area contributed by atoms with Crippen molar-refractivity contribution in [2.24, 2.45) is 0 Å². The van der Waals surface area contributed by atoms with Crippen LogP contribution in [-0.2, 0) is 9.59 Å². The van der Waals surface area contributed by atoms with Gasteiger partial charge in [0.1, 0.15) is 19.3 Å². The van der Waals surface area contributed by atoms with Crippen LogP contribution in [0.5, 0.6) is 11.5 Å². The number of carbonyl (C=O) groups excluding carboxylic acids is 3. The number of ether oxygens (including phenoxy) is 2. The summed E-state index contributed by atoms with van der Waals surface area (Å²) in [5, 5.41) is 8.23. The highest BCUT2D eigenvalue weighted by molar-refractivity contribution is 5.99. The van der Waals surface area contributed by atoms with Gasteiger partial charge in [-0.1, -0.05) is 18.2 Å². The van der Waals surface area contributed by atoms with Gasteiger partial charge in [-0.05, 0) is 24.3 Å². The van der Waals surface area contributed by atoms with Gasteiger partial charge in [0, 0.05) is 30.5 Å². The van der Waals surface area contributed by atoms with Crippen molar-refractivity contribution in [2.45, 2.75) is 12.5 Å². The molecule has 1 saturated heterocycles. The van der Waals surface area contributed by atoms with Crippen LogP contribution in [-0.4, -0.2) is 55.1 Å². The van der Waals surface area contributed by atoms with Crippen LogP contribution in [0.3, 0.4) is 0 Å². The van der Waals surface area contributed by atoms with Gasteiger partial charge in [-0.2, -0.15) is 0 Å². The lowest BCUT2D eigenvalue weighted by atomic mass is 10.1. The number of nitrogens with one attached hydrogen (secondary N) is 3. The van der Waals surface area contributed by atoms with Gasteiger partial charge in [0.2, 0.25) is 11.8 Å². The standard InChI is InChI=1S/C21H22N4O5/c26-19(23-15-6-7-17-18(12-15)30-11-10-29-17)13-16-20(27)22-8-9-25(16)21(28)24-14-4-2-1-3-5-14/h1-7,12,16H,8-11,13H2,(H,22,27)(H,23,26)(H,24,28)/t16-/m1/s1. The summed E-state index contributed by atoms with van der Waals surface area (Å²) in [5.41, 5.74) is 1.15. The van der Waals surface area contributed by atoms with E-state index in [-0.39, 0.29) is 18.2 Å². The van der Waals surface area contributed by atoms with E-state index < -0.39 is 12.1 Å². The Kier molecular flexibility index (Phi) is 5.69. The lowest BCUT2D eigenvalue weighted by Crippen LogP contribution is -2.59. The molecule has 30 heavy (non-hydrogen) atoms. The molecule has 3 N–H and O–H groups in total. The molecule has 0 unspecified atom stereocenters. The van der Waals surface area contributed by atoms with E-state index >= 15 is 0 Å². The van der Waals surface area contributed by atoms with Crippen LogP contribution < -0.4 is 25.4 Å². The van der Waals surface area contributed by atoms with Gasteiger partial charge in [-0.25, -0.2) is 4.79 Å². The number of amides is 4. The van der Waals surface area contributed by atoms with Crippen molar-refractivity contribution in [3.63, 3.8) is 0 Å². The maximum absolute atomic E-state index is 12.7. The number of nitrogens with zero attached hydrogens (tertiary/aromatic N) is 1. The molecular weight excluding hydrogens is 388 g/mol. The zero-order valence-electron chi connectivity index (χ0n) is 16.2. The summed E-state index contributed by atoms with van der Waals surface area (Å²) in [6.07, 6.45) is -0.164. The van der Waals surface area contributed by atoms with E-state index in [0.29, 0.717) is 49.2 Å². The SMILES string of the molecule is O=C(C[C@@H]1C(=O)NCCN1C(=O)Nc1ccccc1)Nc1ccc2c(c1)OCCO2. The van der Waals surface area contributed by atoms with Crippen molar-refractivity contribution in [2.75, 3.05) is 36.9 Å². The number of anilines is 2. The number of urea groups is 1. The number of benzene rings is 2. The molecule has 2 aromatic carbocycles. The minimum absolute atomic E-state index is 0.164. The summed E-state index contributed by atoms with van der Waals surface area (Å²) in [7, 11) is 0.